The Bertz CT molecular complexity index is 822. The average molecular weight is 324 g/mol. The summed E-state index contributed by atoms with van der Waals surface area (Å²) >= 11 is 0. The van der Waals surface area contributed by atoms with Gasteiger partial charge in [0.1, 0.15) is 5.82 Å². The van der Waals surface area contributed by atoms with E-state index in [1.165, 1.54) is 29.3 Å². The zero-order valence-corrected chi connectivity index (χ0v) is 12.5. The average Bonchev–Trinajstić information content (AvgIpc) is 3.11. The SMILES string of the molecule is O=C1[C@H]2N=NN(Cc3ccccc3)[C@H]2C(=O)N1c1ccc(F)cc1. The van der Waals surface area contributed by atoms with Gasteiger partial charge in [0.25, 0.3) is 11.8 Å². The van der Waals surface area contributed by atoms with E-state index < -0.39 is 29.7 Å². The lowest BCUT2D eigenvalue weighted by Crippen LogP contribution is -2.39. The second-order valence-corrected chi connectivity index (χ2v) is 5.67. The van der Waals surface area contributed by atoms with Crippen LogP contribution in [0.1, 0.15) is 5.56 Å². The van der Waals surface area contributed by atoms with Crippen molar-refractivity contribution in [2.75, 3.05) is 4.90 Å². The summed E-state index contributed by atoms with van der Waals surface area (Å²) < 4.78 is 13.1. The molecule has 2 aliphatic rings. The van der Waals surface area contributed by atoms with Crippen LogP contribution in [0.5, 0.6) is 0 Å². The molecule has 0 aromatic heterocycles. The first-order valence-corrected chi connectivity index (χ1v) is 7.50. The molecule has 120 valence electrons. The van der Waals surface area contributed by atoms with Gasteiger partial charge in [-0.25, -0.2) is 9.29 Å². The summed E-state index contributed by atoms with van der Waals surface area (Å²) in [5, 5.41) is 9.48. The first-order valence-electron chi connectivity index (χ1n) is 7.50. The third-order valence-corrected chi connectivity index (χ3v) is 4.13. The molecule has 2 aromatic rings. The summed E-state index contributed by atoms with van der Waals surface area (Å²) in [6.07, 6.45) is 0. The van der Waals surface area contributed by atoms with Crippen molar-refractivity contribution in [2.45, 2.75) is 18.6 Å². The molecule has 0 aliphatic carbocycles. The van der Waals surface area contributed by atoms with Gasteiger partial charge in [0.2, 0.25) is 0 Å². The van der Waals surface area contributed by atoms with Crippen molar-refractivity contribution in [2.24, 2.45) is 10.3 Å². The van der Waals surface area contributed by atoms with Crippen LogP contribution in [0.25, 0.3) is 0 Å². The Kier molecular flexibility index (Phi) is 3.34. The maximum absolute atomic E-state index is 13.1. The molecule has 0 saturated carbocycles. The molecular formula is C17H13FN4O2. The molecule has 4 rings (SSSR count). The van der Waals surface area contributed by atoms with Gasteiger partial charge in [0.05, 0.1) is 12.2 Å². The highest BCUT2D eigenvalue weighted by Gasteiger charge is 2.54. The van der Waals surface area contributed by atoms with E-state index in [4.69, 9.17) is 0 Å². The number of carbonyl (C=O) groups excluding carboxylic acids is 2. The molecule has 2 aliphatic heterocycles. The third kappa shape index (κ3) is 2.25. The van der Waals surface area contributed by atoms with Crippen molar-refractivity contribution in [3.05, 3.63) is 66.0 Å². The minimum absolute atomic E-state index is 0.343. The number of anilines is 1. The normalized spacial score (nSPS) is 22.4. The molecule has 0 unspecified atom stereocenters. The lowest BCUT2D eigenvalue weighted by Gasteiger charge is -2.20. The van der Waals surface area contributed by atoms with E-state index in [9.17, 15) is 14.0 Å². The van der Waals surface area contributed by atoms with Crippen molar-refractivity contribution in [3.63, 3.8) is 0 Å². The predicted molar refractivity (Wildman–Crippen MR) is 83.3 cm³/mol. The van der Waals surface area contributed by atoms with Crippen molar-refractivity contribution in [3.8, 4) is 0 Å². The summed E-state index contributed by atoms with van der Waals surface area (Å²) in [4.78, 5) is 26.3. The van der Waals surface area contributed by atoms with E-state index in [1.807, 2.05) is 30.3 Å². The van der Waals surface area contributed by atoms with E-state index in [-0.39, 0.29) is 0 Å². The van der Waals surface area contributed by atoms with E-state index in [1.54, 1.807) is 0 Å². The van der Waals surface area contributed by atoms with Crippen LogP contribution in [-0.2, 0) is 16.1 Å². The number of amides is 2. The number of imide groups is 1. The minimum atomic E-state index is -0.841. The van der Waals surface area contributed by atoms with E-state index in [0.717, 1.165) is 10.5 Å². The quantitative estimate of drug-likeness (QED) is 0.814. The summed E-state index contributed by atoms with van der Waals surface area (Å²) in [6, 6.07) is 13.2. The molecule has 2 atom stereocenters. The van der Waals surface area contributed by atoms with E-state index in [0.29, 0.717) is 12.2 Å². The van der Waals surface area contributed by atoms with Gasteiger partial charge in [-0.05, 0) is 29.8 Å². The van der Waals surface area contributed by atoms with Gasteiger partial charge in [-0.3, -0.25) is 14.6 Å². The lowest BCUT2D eigenvalue weighted by molar-refractivity contribution is -0.123. The molecule has 0 radical (unpaired) electrons. The Balaban J connectivity index is 1.61. The molecule has 2 aromatic carbocycles. The molecule has 7 heteroatoms. The first kappa shape index (κ1) is 14.5. The Morgan fingerprint density at radius 3 is 2.38 bits per heavy atom. The second kappa shape index (κ2) is 5.52. The van der Waals surface area contributed by atoms with Gasteiger partial charge in [0.15, 0.2) is 12.1 Å². The summed E-state index contributed by atoms with van der Waals surface area (Å²) in [5.41, 5.74) is 1.31. The maximum atomic E-state index is 13.1. The maximum Gasteiger partial charge on any atom is 0.263 e. The highest BCUT2D eigenvalue weighted by atomic mass is 19.1. The standard InChI is InChI=1S/C17H13FN4O2/c18-12-6-8-13(9-7-12)22-16(23)14-15(17(22)24)21(20-19-14)10-11-4-2-1-3-5-11/h1-9,14-15H,10H2/t14-,15+/m0/s1. The fourth-order valence-electron chi connectivity index (χ4n) is 2.97. The van der Waals surface area contributed by atoms with Gasteiger partial charge in [-0.2, -0.15) is 5.11 Å². The molecule has 24 heavy (non-hydrogen) atoms. The minimum Gasteiger partial charge on any atom is -0.271 e. The highest BCUT2D eigenvalue weighted by Crippen LogP contribution is 2.32. The number of benzene rings is 2. The van der Waals surface area contributed by atoms with Crippen molar-refractivity contribution < 1.29 is 14.0 Å². The van der Waals surface area contributed by atoms with Crippen LogP contribution in [-0.4, -0.2) is 28.9 Å². The van der Waals surface area contributed by atoms with Crippen LogP contribution in [0, 0.1) is 5.82 Å². The molecule has 0 N–H and O–H groups in total. The van der Waals surface area contributed by atoms with Crippen LogP contribution in [0.4, 0.5) is 10.1 Å². The molecule has 2 amide bonds. The Morgan fingerprint density at radius 2 is 1.67 bits per heavy atom. The number of fused-ring (bicyclic) bond motifs is 1. The number of rotatable bonds is 3. The summed E-state index contributed by atoms with van der Waals surface area (Å²) in [5.74, 6) is -1.25. The first-order chi connectivity index (χ1) is 11.6. The summed E-state index contributed by atoms with van der Waals surface area (Å²) in [7, 11) is 0. The van der Waals surface area contributed by atoms with E-state index >= 15 is 0 Å². The summed E-state index contributed by atoms with van der Waals surface area (Å²) in [6.45, 7) is 0.391. The van der Waals surface area contributed by atoms with Gasteiger partial charge >= 0.3 is 0 Å². The van der Waals surface area contributed by atoms with Crippen LogP contribution in [0.15, 0.2) is 64.9 Å². The molecule has 2 heterocycles. The van der Waals surface area contributed by atoms with Crippen molar-refractivity contribution in [1.29, 1.82) is 0 Å². The molecular weight excluding hydrogens is 311 g/mol. The van der Waals surface area contributed by atoms with Gasteiger partial charge < -0.3 is 0 Å². The smallest absolute Gasteiger partial charge is 0.263 e. The van der Waals surface area contributed by atoms with Crippen LogP contribution >= 0.6 is 0 Å². The largest absolute Gasteiger partial charge is 0.271 e. The topological polar surface area (TPSA) is 65.3 Å². The molecule has 0 bridgehead atoms. The number of halogens is 1. The fraction of sp³-hybridized carbons (Fsp3) is 0.176. The number of hydrogen-bond donors (Lipinski definition) is 0. The van der Waals surface area contributed by atoms with Crippen LogP contribution in [0.3, 0.4) is 0 Å². The monoisotopic (exact) mass is 324 g/mol. The number of nitrogens with zero attached hydrogens (tertiary/aromatic N) is 4. The Morgan fingerprint density at radius 1 is 0.958 bits per heavy atom. The zero-order valence-electron chi connectivity index (χ0n) is 12.5. The second-order valence-electron chi connectivity index (χ2n) is 5.67. The predicted octanol–water partition coefficient (Wildman–Crippen LogP) is 2.32. The Labute approximate surface area is 137 Å². The molecule has 1 fully saturated rings. The lowest BCUT2D eigenvalue weighted by atomic mass is 10.1. The highest BCUT2D eigenvalue weighted by molar-refractivity contribution is 6.25. The zero-order chi connectivity index (χ0) is 16.7. The Hall–Kier alpha value is -3.09. The van der Waals surface area contributed by atoms with E-state index in [2.05, 4.69) is 10.3 Å². The number of hydrogen-bond acceptors (Lipinski definition) is 5. The van der Waals surface area contributed by atoms with Gasteiger partial charge in [-0.1, -0.05) is 35.6 Å². The van der Waals surface area contributed by atoms with Gasteiger partial charge in [0, 0.05) is 0 Å². The van der Waals surface area contributed by atoms with Crippen molar-refractivity contribution >= 4 is 17.5 Å². The van der Waals surface area contributed by atoms with Crippen LogP contribution < -0.4 is 4.90 Å². The third-order valence-electron chi connectivity index (χ3n) is 4.13. The molecule has 6 nitrogen and oxygen atoms in total. The molecule has 1 saturated heterocycles. The van der Waals surface area contributed by atoms with Crippen LogP contribution in [0.2, 0.25) is 0 Å². The molecule has 0 spiro atoms. The number of carbonyl (C=O) groups is 2. The van der Waals surface area contributed by atoms with Crippen molar-refractivity contribution in [1.82, 2.24) is 5.01 Å². The fourth-order valence-corrected chi connectivity index (χ4v) is 2.97. The van der Waals surface area contributed by atoms with Gasteiger partial charge in [-0.15, -0.1) is 0 Å².